The molecular weight excluding hydrogens is 289 g/mol. The second-order valence-corrected chi connectivity index (χ2v) is 4.17. The van der Waals surface area contributed by atoms with Crippen molar-refractivity contribution >= 4 is 15.9 Å². The number of ether oxygens (including phenoxy) is 1. The van der Waals surface area contributed by atoms with Crippen LogP contribution in [0.25, 0.3) is 0 Å². The van der Waals surface area contributed by atoms with Crippen molar-refractivity contribution in [1.29, 1.82) is 0 Å². The molecule has 1 N–H and O–H groups in total. The van der Waals surface area contributed by atoms with E-state index < -0.39 is 0 Å². The first-order chi connectivity index (χ1) is 8.20. The number of aliphatic hydroxyl groups excluding tert-OH is 1. The van der Waals surface area contributed by atoms with Crippen LogP contribution in [0.2, 0.25) is 0 Å². The van der Waals surface area contributed by atoms with Gasteiger partial charge in [0.15, 0.2) is 5.75 Å². The number of nitrogens with zero attached hydrogens (tertiary/aromatic N) is 1. The zero-order valence-electron chi connectivity index (χ0n) is 8.73. The maximum atomic E-state index is 12.9. The maximum Gasteiger partial charge on any atom is 0.151 e. The third-order valence-electron chi connectivity index (χ3n) is 2.15. The Labute approximate surface area is 106 Å². The van der Waals surface area contributed by atoms with Gasteiger partial charge in [-0.25, -0.2) is 4.39 Å². The van der Waals surface area contributed by atoms with Crippen LogP contribution >= 0.6 is 15.9 Å². The Bertz CT molecular complexity index is 534. The Kier molecular flexibility index (Phi) is 3.71. The van der Waals surface area contributed by atoms with Gasteiger partial charge in [0.1, 0.15) is 11.6 Å². The van der Waals surface area contributed by atoms with E-state index in [1.54, 1.807) is 12.3 Å². The number of pyridine rings is 1. The highest BCUT2D eigenvalue weighted by atomic mass is 79.9. The van der Waals surface area contributed by atoms with E-state index >= 15 is 0 Å². The van der Waals surface area contributed by atoms with E-state index in [4.69, 9.17) is 9.84 Å². The van der Waals surface area contributed by atoms with Gasteiger partial charge in [0, 0.05) is 11.8 Å². The first-order valence-electron chi connectivity index (χ1n) is 4.87. The molecule has 5 heteroatoms. The third kappa shape index (κ3) is 2.81. The molecule has 0 bridgehead atoms. The average molecular weight is 298 g/mol. The minimum atomic E-state index is -0.349. The lowest BCUT2D eigenvalue weighted by atomic mass is 10.2. The van der Waals surface area contributed by atoms with Crippen molar-refractivity contribution in [2.75, 3.05) is 0 Å². The molecule has 88 valence electrons. The van der Waals surface area contributed by atoms with Gasteiger partial charge in [0.25, 0.3) is 0 Å². The zero-order valence-corrected chi connectivity index (χ0v) is 10.3. The van der Waals surface area contributed by atoms with Gasteiger partial charge in [-0.15, -0.1) is 0 Å². The van der Waals surface area contributed by atoms with Gasteiger partial charge in [-0.1, -0.05) is 0 Å². The van der Waals surface area contributed by atoms with Gasteiger partial charge in [0.05, 0.1) is 17.3 Å². The van der Waals surface area contributed by atoms with Crippen molar-refractivity contribution in [3.05, 3.63) is 52.5 Å². The predicted molar refractivity (Wildman–Crippen MR) is 64.3 cm³/mol. The Balaban J connectivity index is 2.31. The molecule has 0 amide bonds. The van der Waals surface area contributed by atoms with Crippen molar-refractivity contribution in [3.8, 4) is 11.5 Å². The molecule has 2 aromatic rings. The summed E-state index contributed by atoms with van der Waals surface area (Å²) in [6.45, 7) is -0.142. The number of benzene rings is 1. The standard InChI is InChI=1S/C12H9BrFNO2/c13-10-5-9(14)1-2-11(10)17-12-6-15-4-3-8(12)7-16/h1-6,16H,7H2. The van der Waals surface area contributed by atoms with E-state index in [-0.39, 0.29) is 12.4 Å². The molecule has 0 saturated carbocycles. The number of rotatable bonds is 3. The molecule has 0 aliphatic heterocycles. The highest BCUT2D eigenvalue weighted by Gasteiger charge is 2.07. The minimum absolute atomic E-state index is 0.142. The summed E-state index contributed by atoms with van der Waals surface area (Å²) < 4.78 is 18.9. The summed E-state index contributed by atoms with van der Waals surface area (Å²) in [6, 6.07) is 5.78. The number of aromatic nitrogens is 1. The molecule has 0 fully saturated rings. The molecule has 1 aromatic heterocycles. The van der Waals surface area contributed by atoms with E-state index in [0.29, 0.717) is 21.5 Å². The van der Waals surface area contributed by atoms with Crippen molar-refractivity contribution < 1.29 is 14.2 Å². The highest BCUT2D eigenvalue weighted by molar-refractivity contribution is 9.10. The Morgan fingerprint density at radius 3 is 2.82 bits per heavy atom. The number of hydrogen-bond donors (Lipinski definition) is 1. The van der Waals surface area contributed by atoms with Crippen LogP contribution in [-0.2, 0) is 6.61 Å². The van der Waals surface area contributed by atoms with Crippen molar-refractivity contribution in [3.63, 3.8) is 0 Å². The molecule has 3 nitrogen and oxygen atoms in total. The smallest absolute Gasteiger partial charge is 0.151 e. The van der Waals surface area contributed by atoms with Crippen molar-refractivity contribution in [1.82, 2.24) is 4.98 Å². The summed E-state index contributed by atoms with van der Waals surface area (Å²) in [5.74, 6) is 0.564. The first-order valence-corrected chi connectivity index (χ1v) is 5.66. The molecule has 0 atom stereocenters. The minimum Gasteiger partial charge on any atom is -0.454 e. The van der Waals surface area contributed by atoms with Crippen LogP contribution in [0.3, 0.4) is 0 Å². The van der Waals surface area contributed by atoms with Gasteiger partial charge >= 0.3 is 0 Å². The van der Waals surface area contributed by atoms with Gasteiger partial charge in [-0.3, -0.25) is 4.98 Å². The van der Waals surface area contributed by atoms with E-state index in [1.807, 2.05) is 0 Å². The number of hydrogen-bond acceptors (Lipinski definition) is 3. The Morgan fingerprint density at radius 2 is 2.12 bits per heavy atom. The van der Waals surface area contributed by atoms with Crippen LogP contribution in [0.15, 0.2) is 41.1 Å². The molecule has 2 rings (SSSR count). The van der Waals surface area contributed by atoms with E-state index in [1.165, 1.54) is 24.4 Å². The Morgan fingerprint density at radius 1 is 1.29 bits per heavy atom. The predicted octanol–water partition coefficient (Wildman–Crippen LogP) is 3.27. The van der Waals surface area contributed by atoms with E-state index in [9.17, 15) is 4.39 Å². The van der Waals surface area contributed by atoms with Crippen LogP contribution in [0.4, 0.5) is 4.39 Å². The average Bonchev–Trinajstić information content (AvgIpc) is 2.33. The number of halogens is 2. The third-order valence-corrected chi connectivity index (χ3v) is 2.77. The summed E-state index contributed by atoms with van der Waals surface area (Å²) >= 11 is 3.20. The first kappa shape index (κ1) is 12.0. The molecule has 0 spiro atoms. The summed E-state index contributed by atoms with van der Waals surface area (Å²) in [7, 11) is 0. The van der Waals surface area contributed by atoms with Gasteiger partial charge in [0.2, 0.25) is 0 Å². The van der Waals surface area contributed by atoms with Gasteiger partial charge in [-0.05, 0) is 40.2 Å². The largest absolute Gasteiger partial charge is 0.454 e. The van der Waals surface area contributed by atoms with Crippen molar-refractivity contribution in [2.45, 2.75) is 6.61 Å². The maximum absolute atomic E-state index is 12.9. The topological polar surface area (TPSA) is 42.4 Å². The summed E-state index contributed by atoms with van der Waals surface area (Å²) in [5, 5.41) is 9.13. The molecule has 0 unspecified atom stereocenters. The fourth-order valence-corrected chi connectivity index (χ4v) is 1.74. The second-order valence-electron chi connectivity index (χ2n) is 3.32. The van der Waals surface area contributed by atoms with Crippen LogP contribution in [0, 0.1) is 5.82 Å². The molecular formula is C12H9BrFNO2. The lowest BCUT2D eigenvalue weighted by molar-refractivity contribution is 0.276. The monoisotopic (exact) mass is 297 g/mol. The highest BCUT2D eigenvalue weighted by Crippen LogP contribution is 2.31. The van der Waals surface area contributed by atoms with E-state index in [0.717, 1.165) is 0 Å². The van der Waals surface area contributed by atoms with Crippen LogP contribution in [0.1, 0.15) is 5.56 Å². The fraction of sp³-hybridized carbons (Fsp3) is 0.0833. The molecule has 0 radical (unpaired) electrons. The molecule has 1 heterocycles. The molecule has 0 saturated heterocycles. The summed E-state index contributed by atoms with van der Waals surface area (Å²) in [6.07, 6.45) is 3.07. The second kappa shape index (κ2) is 5.25. The summed E-state index contributed by atoms with van der Waals surface area (Å²) in [5.41, 5.74) is 0.622. The van der Waals surface area contributed by atoms with Crippen molar-refractivity contribution in [2.24, 2.45) is 0 Å². The Hall–Kier alpha value is -1.46. The lowest BCUT2D eigenvalue weighted by Crippen LogP contribution is -1.93. The molecule has 1 aromatic carbocycles. The van der Waals surface area contributed by atoms with Crippen LogP contribution in [0.5, 0.6) is 11.5 Å². The quantitative estimate of drug-likeness (QED) is 0.945. The van der Waals surface area contributed by atoms with Gasteiger partial charge in [-0.2, -0.15) is 0 Å². The SMILES string of the molecule is OCc1ccncc1Oc1ccc(F)cc1Br. The van der Waals surface area contributed by atoms with E-state index in [2.05, 4.69) is 20.9 Å². The van der Waals surface area contributed by atoms with Gasteiger partial charge < -0.3 is 9.84 Å². The zero-order chi connectivity index (χ0) is 12.3. The van der Waals surface area contributed by atoms with Crippen LogP contribution < -0.4 is 4.74 Å². The molecule has 17 heavy (non-hydrogen) atoms. The number of aliphatic hydroxyl groups is 1. The fourth-order valence-electron chi connectivity index (χ4n) is 1.31. The van der Waals surface area contributed by atoms with Crippen LogP contribution in [-0.4, -0.2) is 10.1 Å². The molecule has 0 aliphatic carbocycles. The lowest BCUT2D eigenvalue weighted by Gasteiger charge is -2.10. The summed E-state index contributed by atoms with van der Waals surface area (Å²) in [4.78, 5) is 3.91. The normalized spacial score (nSPS) is 10.3. The molecule has 0 aliphatic rings.